The number of anilines is 1. The van der Waals surface area contributed by atoms with Crippen LogP contribution in [0.15, 0.2) is 18.2 Å². The first-order valence-electron chi connectivity index (χ1n) is 6.14. The van der Waals surface area contributed by atoms with Crippen LogP contribution >= 0.6 is 0 Å². The second-order valence-corrected chi connectivity index (χ2v) is 4.97. The molecule has 0 fully saturated rings. The third kappa shape index (κ3) is 1.82. The van der Waals surface area contributed by atoms with Crippen LogP contribution in [0.25, 0.3) is 0 Å². The maximum atomic E-state index is 9.28. The lowest BCUT2D eigenvalue weighted by Crippen LogP contribution is -2.28. The molecule has 0 spiro atoms. The van der Waals surface area contributed by atoms with Gasteiger partial charge in [-0.2, -0.15) is 0 Å². The zero-order valence-electron chi connectivity index (χ0n) is 10.4. The molecule has 0 amide bonds. The maximum absolute atomic E-state index is 9.28. The van der Waals surface area contributed by atoms with E-state index in [-0.39, 0.29) is 12.5 Å². The Bertz CT molecular complexity index is 373. The predicted octanol–water partition coefficient (Wildman–Crippen LogP) is 2.55. The first-order chi connectivity index (χ1) is 7.65. The van der Waals surface area contributed by atoms with Gasteiger partial charge in [0.1, 0.15) is 0 Å². The summed E-state index contributed by atoms with van der Waals surface area (Å²) < 4.78 is 0. The molecule has 2 rings (SSSR count). The minimum absolute atomic E-state index is 0.234. The molecule has 1 aromatic rings. The van der Waals surface area contributed by atoms with Gasteiger partial charge in [0.05, 0.1) is 0 Å². The van der Waals surface area contributed by atoms with E-state index in [0.29, 0.717) is 6.04 Å². The largest absolute Gasteiger partial charge is 0.396 e. The Morgan fingerprint density at radius 3 is 2.69 bits per heavy atom. The Morgan fingerprint density at radius 1 is 1.31 bits per heavy atom. The lowest BCUT2D eigenvalue weighted by atomic mass is 9.95. The summed E-state index contributed by atoms with van der Waals surface area (Å²) in [5.74, 6) is 0.252. The van der Waals surface area contributed by atoms with Crippen LogP contribution in [-0.2, 0) is 6.42 Å². The third-order valence-corrected chi connectivity index (χ3v) is 3.53. The Labute approximate surface area is 97.9 Å². The van der Waals surface area contributed by atoms with Crippen molar-refractivity contribution in [3.05, 3.63) is 29.3 Å². The van der Waals surface area contributed by atoms with E-state index in [1.54, 1.807) is 0 Å². The SMILES string of the molecule is CC(CO)c1cccc2c1CCN2C(C)C. The summed E-state index contributed by atoms with van der Waals surface area (Å²) in [4.78, 5) is 2.45. The van der Waals surface area contributed by atoms with E-state index in [1.165, 1.54) is 16.8 Å². The Hall–Kier alpha value is -1.02. The van der Waals surface area contributed by atoms with Crippen LogP contribution < -0.4 is 4.90 Å². The monoisotopic (exact) mass is 219 g/mol. The fourth-order valence-corrected chi connectivity index (χ4v) is 2.58. The molecule has 16 heavy (non-hydrogen) atoms. The lowest BCUT2D eigenvalue weighted by Gasteiger charge is -2.24. The van der Waals surface area contributed by atoms with Crippen molar-refractivity contribution in [1.82, 2.24) is 0 Å². The fraction of sp³-hybridized carbons (Fsp3) is 0.571. The number of hydrogen-bond donors (Lipinski definition) is 1. The zero-order valence-corrected chi connectivity index (χ0v) is 10.4. The van der Waals surface area contributed by atoms with Crippen LogP contribution in [0.1, 0.15) is 37.8 Å². The van der Waals surface area contributed by atoms with Gasteiger partial charge in [-0.05, 0) is 37.5 Å². The molecule has 88 valence electrons. The maximum Gasteiger partial charge on any atom is 0.0497 e. The van der Waals surface area contributed by atoms with E-state index in [0.717, 1.165) is 13.0 Å². The van der Waals surface area contributed by atoms with Crippen molar-refractivity contribution in [3.8, 4) is 0 Å². The summed E-state index contributed by atoms with van der Waals surface area (Å²) in [7, 11) is 0. The van der Waals surface area contributed by atoms with Gasteiger partial charge in [0.15, 0.2) is 0 Å². The van der Waals surface area contributed by atoms with Crippen molar-refractivity contribution in [2.75, 3.05) is 18.1 Å². The van der Waals surface area contributed by atoms with Crippen molar-refractivity contribution in [1.29, 1.82) is 0 Å². The normalized spacial score (nSPS) is 16.7. The zero-order chi connectivity index (χ0) is 11.7. The Kier molecular flexibility index (Phi) is 3.20. The van der Waals surface area contributed by atoms with Gasteiger partial charge in [0.2, 0.25) is 0 Å². The molecule has 1 aliphatic heterocycles. The molecule has 0 bridgehead atoms. The highest BCUT2D eigenvalue weighted by molar-refractivity contribution is 5.62. The molecule has 0 aromatic heterocycles. The molecule has 0 aliphatic carbocycles. The molecular weight excluding hydrogens is 198 g/mol. The van der Waals surface area contributed by atoms with Crippen molar-refractivity contribution >= 4 is 5.69 Å². The molecule has 1 unspecified atom stereocenters. The van der Waals surface area contributed by atoms with Crippen LogP contribution in [-0.4, -0.2) is 24.3 Å². The minimum atomic E-state index is 0.234. The Morgan fingerprint density at radius 2 is 2.06 bits per heavy atom. The average Bonchev–Trinajstić information content (AvgIpc) is 2.71. The van der Waals surface area contributed by atoms with E-state index >= 15 is 0 Å². The van der Waals surface area contributed by atoms with Gasteiger partial charge in [-0.25, -0.2) is 0 Å². The summed E-state index contributed by atoms with van der Waals surface area (Å²) in [6, 6.07) is 7.03. The van der Waals surface area contributed by atoms with Crippen LogP contribution in [0.2, 0.25) is 0 Å². The number of fused-ring (bicyclic) bond motifs is 1. The second kappa shape index (κ2) is 4.46. The van der Waals surface area contributed by atoms with E-state index < -0.39 is 0 Å². The first-order valence-corrected chi connectivity index (χ1v) is 6.14. The highest BCUT2D eigenvalue weighted by Gasteiger charge is 2.24. The Balaban J connectivity index is 2.40. The molecule has 1 aromatic carbocycles. The fourth-order valence-electron chi connectivity index (χ4n) is 2.58. The number of nitrogens with zero attached hydrogens (tertiary/aromatic N) is 1. The number of rotatable bonds is 3. The molecule has 1 heterocycles. The summed E-state index contributed by atoms with van der Waals surface area (Å²) in [5, 5.41) is 9.28. The third-order valence-electron chi connectivity index (χ3n) is 3.53. The number of aliphatic hydroxyl groups excluding tert-OH is 1. The van der Waals surface area contributed by atoms with Crippen LogP contribution in [0.4, 0.5) is 5.69 Å². The number of aliphatic hydroxyl groups is 1. The molecule has 0 saturated carbocycles. The standard InChI is InChI=1S/C14H21NO/c1-10(2)15-8-7-13-12(11(3)9-16)5-4-6-14(13)15/h4-6,10-11,16H,7-9H2,1-3H3. The molecule has 0 radical (unpaired) electrons. The molecule has 1 aliphatic rings. The van der Waals surface area contributed by atoms with E-state index in [2.05, 4.69) is 43.9 Å². The quantitative estimate of drug-likeness (QED) is 0.844. The summed E-state index contributed by atoms with van der Waals surface area (Å²) >= 11 is 0. The molecule has 1 N–H and O–H groups in total. The van der Waals surface area contributed by atoms with Crippen molar-refractivity contribution in [3.63, 3.8) is 0 Å². The molecule has 2 heteroatoms. The van der Waals surface area contributed by atoms with Crippen molar-refractivity contribution in [2.24, 2.45) is 0 Å². The van der Waals surface area contributed by atoms with E-state index in [4.69, 9.17) is 0 Å². The highest BCUT2D eigenvalue weighted by Crippen LogP contribution is 2.34. The average molecular weight is 219 g/mol. The molecule has 1 atom stereocenters. The smallest absolute Gasteiger partial charge is 0.0497 e. The minimum Gasteiger partial charge on any atom is -0.396 e. The van der Waals surface area contributed by atoms with Crippen LogP contribution in [0, 0.1) is 0 Å². The second-order valence-electron chi connectivity index (χ2n) is 4.97. The van der Waals surface area contributed by atoms with Gasteiger partial charge in [-0.1, -0.05) is 19.1 Å². The number of hydrogen-bond acceptors (Lipinski definition) is 2. The van der Waals surface area contributed by atoms with E-state index in [9.17, 15) is 5.11 Å². The molecule has 0 saturated heterocycles. The number of benzene rings is 1. The van der Waals surface area contributed by atoms with Gasteiger partial charge in [0, 0.05) is 30.8 Å². The summed E-state index contributed by atoms with van der Waals surface area (Å²) in [5.41, 5.74) is 4.13. The van der Waals surface area contributed by atoms with Crippen molar-refractivity contribution in [2.45, 2.75) is 39.2 Å². The lowest BCUT2D eigenvalue weighted by molar-refractivity contribution is 0.272. The van der Waals surface area contributed by atoms with Gasteiger partial charge >= 0.3 is 0 Å². The molecule has 2 nitrogen and oxygen atoms in total. The predicted molar refractivity (Wildman–Crippen MR) is 68.1 cm³/mol. The van der Waals surface area contributed by atoms with Crippen molar-refractivity contribution < 1.29 is 5.11 Å². The topological polar surface area (TPSA) is 23.5 Å². The van der Waals surface area contributed by atoms with Gasteiger partial charge in [-0.15, -0.1) is 0 Å². The summed E-state index contributed by atoms with van der Waals surface area (Å²) in [6.45, 7) is 7.91. The highest BCUT2D eigenvalue weighted by atomic mass is 16.3. The molecular formula is C14H21NO. The summed E-state index contributed by atoms with van der Waals surface area (Å²) in [6.07, 6.45) is 1.12. The van der Waals surface area contributed by atoms with Crippen LogP contribution in [0.3, 0.4) is 0 Å². The van der Waals surface area contributed by atoms with Gasteiger partial charge < -0.3 is 10.0 Å². The van der Waals surface area contributed by atoms with Gasteiger partial charge in [-0.3, -0.25) is 0 Å². The van der Waals surface area contributed by atoms with Gasteiger partial charge in [0.25, 0.3) is 0 Å². The van der Waals surface area contributed by atoms with Crippen LogP contribution in [0.5, 0.6) is 0 Å². The van der Waals surface area contributed by atoms with E-state index in [1.807, 2.05) is 0 Å². The first kappa shape index (κ1) is 11.5.